The van der Waals surface area contributed by atoms with Gasteiger partial charge in [-0.05, 0) is 27.7 Å². The van der Waals surface area contributed by atoms with E-state index >= 15 is 0 Å². The molecule has 1 aromatic rings. The third kappa shape index (κ3) is 4.49. The summed E-state index contributed by atoms with van der Waals surface area (Å²) in [6.45, 7) is 7.39. The molecule has 0 saturated carbocycles. The summed E-state index contributed by atoms with van der Waals surface area (Å²) in [5.74, 6) is -0.502. The molecule has 0 aromatic carbocycles. The maximum absolute atomic E-state index is 12.0. The fourth-order valence-corrected chi connectivity index (χ4v) is 2.54. The van der Waals surface area contributed by atoms with Crippen LogP contribution in [-0.2, 0) is 21.4 Å². The van der Waals surface area contributed by atoms with Crippen LogP contribution in [0.15, 0.2) is 11.1 Å². The molecule has 114 valence electrons. The number of rotatable bonds is 5. The number of amides is 1. The summed E-state index contributed by atoms with van der Waals surface area (Å²) in [6, 6.07) is 0. The van der Waals surface area contributed by atoms with Crippen molar-refractivity contribution < 1.29 is 13.2 Å². The van der Waals surface area contributed by atoms with Crippen molar-refractivity contribution in [3.63, 3.8) is 0 Å². The number of sulfonamides is 1. The summed E-state index contributed by atoms with van der Waals surface area (Å²) in [6.07, 6.45) is 1.33. The summed E-state index contributed by atoms with van der Waals surface area (Å²) >= 11 is 0. The number of aryl methyl sites for hydroxylation is 1. The molecule has 1 amide bonds. The second kappa shape index (κ2) is 5.80. The third-order valence-electron chi connectivity index (χ3n) is 2.31. The lowest BCUT2D eigenvalue weighted by molar-refractivity contribution is -0.121. The second-order valence-corrected chi connectivity index (χ2v) is 7.09. The van der Waals surface area contributed by atoms with Gasteiger partial charge in [0.25, 0.3) is 0 Å². The number of hydrogen-bond donors (Lipinski definition) is 3. The van der Waals surface area contributed by atoms with Gasteiger partial charge in [-0.3, -0.25) is 9.48 Å². The van der Waals surface area contributed by atoms with Crippen LogP contribution >= 0.6 is 0 Å². The van der Waals surface area contributed by atoms with E-state index in [1.807, 2.05) is 27.7 Å². The van der Waals surface area contributed by atoms with E-state index in [4.69, 9.17) is 5.73 Å². The molecule has 4 N–H and O–H groups in total. The minimum absolute atomic E-state index is 0.0874. The maximum Gasteiger partial charge on any atom is 0.246 e. The number of hydrogen-bond acceptors (Lipinski definition) is 5. The normalized spacial score (nSPS) is 12.4. The molecule has 0 unspecified atom stereocenters. The van der Waals surface area contributed by atoms with Crippen molar-refractivity contribution in [1.29, 1.82) is 0 Å². The van der Waals surface area contributed by atoms with Gasteiger partial charge in [0, 0.05) is 18.3 Å². The lowest BCUT2D eigenvalue weighted by Crippen LogP contribution is -2.45. The number of nitrogen functional groups attached to an aromatic ring is 1. The van der Waals surface area contributed by atoms with Crippen molar-refractivity contribution in [1.82, 2.24) is 19.8 Å². The van der Waals surface area contributed by atoms with E-state index in [9.17, 15) is 13.2 Å². The van der Waals surface area contributed by atoms with Crippen LogP contribution in [0.4, 0.5) is 5.82 Å². The summed E-state index contributed by atoms with van der Waals surface area (Å²) in [4.78, 5) is 11.5. The van der Waals surface area contributed by atoms with Crippen molar-refractivity contribution in [2.24, 2.45) is 0 Å². The highest BCUT2D eigenvalue weighted by Crippen LogP contribution is 2.15. The fourth-order valence-electron chi connectivity index (χ4n) is 1.49. The molecule has 0 aliphatic rings. The lowest BCUT2D eigenvalue weighted by atomic mass is 10.1. The van der Waals surface area contributed by atoms with Gasteiger partial charge in [0.15, 0.2) is 5.82 Å². The van der Waals surface area contributed by atoms with Crippen molar-refractivity contribution in [3.8, 4) is 0 Å². The van der Waals surface area contributed by atoms with Gasteiger partial charge in [-0.15, -0.1) is 0 Å². The molecule has 0 aliphatic heterocycles. The van der Waals surface area contributed by atoms with Crippen LogP contribution in [0.1, 0.15) is 27.7 Å². The monoisotopic (exact) mass is 303 g/mol. The number of nitrogens with zero attached hydrogens (tertiary/aromatic N) is 2. The minimum atomic E-state index is -3.85. The molecule has 0 aliphatic carbocycles. The molecule has 9 heteroatoms. The highest BCUT2D eigenvalue weighted by atomic mass is 32.2. The molecule has 0 fully saturated rings. The first-order chi connectivity index (χ1) is 9.05. The van der Waals surface area contributed by atoms with Gasteiger partial charge in [-0.2, -0.15) is 5.10 Å². The largest absolute Gasteiger partial charge is 0.381 e. The van der Waals surface area contributed by atoms with Crippen LogP contribution < -0.4 is 15.8 Å². The summed E-state index contributed by atoms with van der Waals surface area (Å²) in [7, 11) is -3.85. The van der Waals surface area contributed by atoms with Crippen molar-refractivity contribution in [3.05, 3.63) is 6.20 Å². The van der Waals surface area contributed by atoms with E-state index in [0.717, 1.165) is 0 Å². The van der Waals surface area contributed by atoms with Crippen molar-refractivity contribution in [2.45, 2.75) is 44.7 Å². The molecule has 1 heterocycles. The molecule has 0 bridgehead atoms. The summed E-state index contributed by atoms with van der Waals surface area (Å²) in [5, 5.41) is 6.51. The van der Waals surface area contributed by atoms with E-state index in [-0.39, 0.29) is 17.3 Å². The molecule has 20 heavy (non-hydrogen) atoms. The smallest absolute Gasteiger partial charge is 0.246 e. The predicted molar refractivity (Wildman–Crippen MR) is 75.4 cm³/mol. The quantitative estimate of drug-likeness (QED) is 0.688. The van der Waals surface area contributed by atoms with Gasteiger partial charge >= 0.3 is 0 Å². The zero-order chi connectivity index (χ0) is 15.6. The average Bonchev–Trinajstić information content (AvgIpc) is 2.67. The highest BCUT2D eigenvalue weighted by Gasteiger charge is 2.22. The van der Waals surface area contributed by atoms with Crippen LogP contribution in [0.2, 0.25) is 0 Å². The Hall–Kier alpha value is -1.61. The number of carbonyl (C=O) groups is 1. The summed E-state index contributed by atoms with van der Waals surface area (Å²) < 4.78 is 27.7. The molecule has 8 nitrogen and oxygen atoms in total. The Kier molecular flexibility index (Phi) is 4.77. The first kappa shape index (κ1) is 16.4. The van der Waals surface area contributed by atoms with Crippen LogP contribution in [-0.4, -0.2) is 36.2 Å². The Morgan fingerprint density at radius 3 is 2.50 bits per heavy atom. The van der Waals surface area contributed by atoms with Crippen LogP contribution in [0.3, 0.4) is 0 Å². The molecule has 0 saturated heterocycles. The Balaban J connectivity index is 2.75. The average molecular weight is 303 g/mol. The molecule has 0 spiro atoms. The maximum atomic E-state index is 12.0. The zero-order valence-corrected chi connectivity index (χ0v) is 12.9. The number of aromatic nitrogens is 2. The van der Waals surface area contributed by atoms with Gasteiger partial charge in [-0.25, -0.2) is 13.1 Å². The van der Waals surface area contributed by atoms with Crippen LogP contribution in [0, 0.1) is 0 Å². The molecular formula is C11H21N5O3S. The Labute approximate surface area is 118 Å². The predicted octanol–water partition coefficient (Wildman–Crippen LogP) is -0.322. The van der Waals surface area contributed by atoms with Gasteiger partial charge in [-0.1, -0.05) is 0 Å². The molecule has 0 radical (unpaired) electrons. The zero-order valence-electron chi connectivity index (χ0n) is 12.1. The van der Waals surface area contributed by atoms with Gasteiger partial charge in [0.2, 0.25) is 15.9 Å². The van der Waals surface area contributed by atoms with Gasteiger partial charge in [0.1, 0.15) is 4.90 Å². The Bertz CT molecular complexity index is 586. The van der Waals surface area contributed by atoms with Crippen LogP contribution in [0.5, 0.6) is 0 Å². The van der Waals surface area contributed by atoms with Crippen LogP contribution in [0.25, 0.3) is 0 Å². The number of carbonyl (C=O) groups excluding carboxylic acids is 1. The first-order valence-corrected chi connectivity index (χ1v) is 7.67. The highest BCUT2D eigenvalue weighted by molar-refractivity contribution is 7.89. The lowest BCUT2D eigenvalue weighted by Gasteiger charge is -2.20. The number of anilines is 1. The number of nitrogens with one attached hydrogen (secondary N) is 2. The van der Waals surface area contributed by atoms with Gasteiger partial charge in [0.05, 0.1) is 6.54 Å². The molecule has 1 rings (SSSR count). The van der Waals surface area contributed by atoms with E-state index < -0.39 is 21.5 Å². The van der Waals surface area contributed by atoms with E-state index in [2.05, 4.69) is 15.1 Å². The third-order valence-corrected chi connectivity index (χ3v) is 3.72. The van der Waals surface area contributed by atoms with Crippen molar-refractivity contribution in [2.75, 3.05) is 12.3 Å². The Morgan fingerprint density at radius 2 is 2.05 bits per heavy atom. The molecular weight excluding hydrogens is 282 g/mol. The minimum Gasteiger partial charge on any atom is -0.381 e. The fraction of sp³-hybridized carbons (Fsp3) is 0.636. The standard InChI is InChI=1S/C11H21N5O3S/c1-5-16-7-8(10(12)15-16)20(18,19)13-6-9(17)14-11(2,3)4/h7,13H,5-6H2,1-4H3,(H2,12,15)(H,14,17). The topological polar surface area (TPSA) is 119 Å². The second-order valence-electron chi connectivity index (χ2n) is 5.36. The van der Waals surface area contributed by atoms with Crippen molar-refractivity contribution >= 4 is 21.7 Å². The Morgan fingerprint density at radius 1 is 1.45 bits per heavy atom. The summed E-state index contributed by atoms with van der Waals surface area (Å²) in [5.41, 5.74) is 5.14. The van der Waals surface area contributed by atoms with E-state index in [1.165, 1.54) is 10.9 Å². The van der Waals surface area contributed by atoms with E-state index in [1.54, 1.807) is 0 Å². The SMILES string of the molecule is CCn1cc(S(=O)(=O)NCC(=O)NC(C)(C)C)c(N)n1. The first-order valence-electron chi connectivity index (χ1n) is 6.19. The van der Waals surface area contributed by atoms with Gasteiger partial charge < -0.3 is 11.1 Å². The molecule has 0 atom stereocenters. The van der Waals surface area contributed by atoms with E-state index in [0.29, 0.717) is 6.54 Å². The molecule has 1 aromatic heterocycles. The number of nitrogens with two attached hydrogens (primary N) is 1.